The van der Waals surface area contributed by atoms with Crippen LogP contribution in [0.3, 0.4) is 0 Å². The maximum absolute atomic E-state index is 13.3. The molecule has 1 atom stereocenters. The summed E-state index contributed by atoms with van der Waals surface area (Å²) in [6, 6.07) is 26.8. The summed E-state index contributed by atoms with van der Waals surface area (Å²) in [6.45, 7) is 0.985. The lowest BCUT2D eigenvalue weighted by atomic mass is 10.1. The Morgan fingerprint density at radius 1 is 0.897 bits per heavy atom. The zero-order chi connectivity index (χ0) is 20.2. The number of likely N-dealkylation sites (N-methyl/N-ethyl adjacent to an activating group) is 1. The molecule has 1 amide bonds. The smallest absolute Gasteiger partial charge is 0.245 e. The van der Waals surface area contributed by atoms with Gasteiger partial charge in [-0.1, -0.05) is 66.4 Å². The molecule has 0 fully saturated rings. The van der Waals surface area contributed by atoms with Crippen molar-refractivity contribution in [3.63, 3.8) is 0 Å². The average molecular weight is 404 g/mol. The second-order valence-corrected chi connectivity index (χ2v) is 8.37. The maximum atomic E-state index is 13.3. The SMILES string of the molecule is CN(C)C(CNCC(=O)N1c2ccccc2Sc2ccccc21)c1ccccc1. The van der Waals surface area contributed by atoms with Gasteiger partial charge in [0.15, 0.2) is 0 Å². The first-order valence-corrected chi connectivity index (χ1v) is 10.6. The Morgan fingerprint density at radius 2 is 1.45 bits per heavy atom. The molecule has 0 saturated heterocycles. The highest BCUT2D eigenvalue weighted by Crippen LogP contribution is 2.47. The van der Waals surface area contributed by atoms with Crippen molar-refractivity contribution in [2.45, 2.75) is 15.8 Å². The second kappa shape index (κ2) is 8.82. The normalized spacial score (nSPS) is 13.7. The van der Waals surface area contributed by atoms with Crippen LogP contribution in [0.4, 0.5) is 11.4 Å². The fraction of sp³-hybridized carbons (Fsp3) is 0.208. The lowest BCUT2D eigenvalue weighted by Crippen LogP contribution is -2.39. The van der Waals surface area contributed by atoms with E-state index in [4.69, 9.17) is 0 Å². The van der Waals surface area contributed by atoms with Crippen LogP contribution in [0.25, 0.3) is 0 Å². The molecular weight excluding hydrogens is 378 g/mol. The average Bonchev–Trinajstić information content (AvgIpc) is 2.75. The predicted octanol–water partition coefficient (Wildman–Crippen LogP) is 4.71. The quantitative estimate of drug-likeness (QED) is 0.647. The molecule has 1 aliphatic heterocycles. The molecule has 0 aliphatic carbocycles. The molecule has 4 rings (SSSR count). The molecule has 4 nitrogen and oxygen atoms in total. The van der Waals surface area contributed by atoms with Crippen molar-refractivity contribution in [1.82, 2.24) is 10.2 Å². The van der Waals surface area contributed by atoms with Crippen molar-refractivity contribution >= 4 is 29.0 Å². The van der Waals surface area contributed by atoms with E-state index < -0.39 is 0 Å². The first-order valence-electron chi connectivity index (χ1n) is 9.76. The number of rotatable bonds is 6. The molecule has 1 aliphatic rings. The van der Waals surface area contributed by atoms with Gasteiger partial charge in [0.1, 0.15) is 0 Å². The summed E-state index contributed by atoms with van der Waals surface area (Å²) in [6.07, 6.45) is 0. The number of anilines is 2. The molecule has 29 heavy (non-hydrogen) atoms. The van der Waals surface area contributed by atoms with Crippen molar-refractivity contribution in [1.29, 1.82) is 0 Å². The minimum atomic E-state index is 0.0516. The Labute approximate surface area is 176 Å². The zero-order valence-corrected chi connectivity index (χ0v) is 17.5. The van der Waals surface area contributed by atoms with E-state index >= 15 is 0 Å². The van der Waals surface area contributed by atoms with Crippen LogP contribution in [0.5, 0.6) is 0 Å². The van der Waals surface area contributed by atoms with E-state index in [1.807, 2.05) is 47.4 Å². The number of carbonyl (C=O) groups excluding carboxylic acids is 1. The molecule has 1 heterocycles. The summed E-state index contributed by atoms with van der Waals surface area (Å²) in [7, 11) is 4.13. The van der Waals surface area contributed by atoms with Crippen molar-refractivity contribution < 1.29 is 4.79 Å². The Hall–Kier alpha value is -2.60. The maximum Gasteiger partial charge on any atom is 0.245 e. The van der Waals surface area contributed by atoms with E-state index in [1.165, 1.54) is 5.56 Å². The molecule has 0 bridgehead atoms. The summed E-state index contributed by atoms with van der Waals surface area (Å²) >= 11 is 1.71. The molecule has 3 aromatic rings. The monoisotopic (exact) mass is 403 g/mol. The fourth-order valence-corrected chi connectivity index (χ4v) is 4.70. The van der Waals surface area contributed by atoms with Crippen molar-refractivity contribution in [2.24, 2.45) is 0 Å². The van der Waals surface area contributed by atoms with Crippen LogP contribution in [-0.2, 0) is 4.79 Å². The number of fused-ring (bicyclic) bond motifs is 2. The molecule has 3 aromatic carbocycles. The van der Waals surface area contributed by atoms with Gasteiger partial charge >= 0.3 is 0 Å². The highest BCUT2D eigenvalue weighted by Gasteiger charge is 2.27. The third-order valence-corrected chi connectivity index (χ3v) is 6.23. The van der Waals surface area contributed by atoms with Gasteiger partial charge in [0.25, 0.3) is 0 Å². The van der Waals surface area contributed by atoms with Gasteiger partial charge in [-0.15, -0.1) is 0 Å². The van der Waals surface area contributed by atoms with Gasteiger partial charge in [-0.05, 0) is 43.9 Å². The molecule has 0 saturated carbocycles. The first-order chi connectivity index (χ1) is 14.1. The predicted molar refractivity (Wildman–Crippen MR) is 120 cm³/mol. The number of amides is 1. The number of benzene rings is 3. The molecule has 5 heteroatoms. The van der Waals surface area contributed by atoms with Crippen LogP contribution < -0.4 is 10.2 Å². The molecule has 1 N–H and O–H groups in total. The summed E-state index contributed by atoms with van der Waals surface area (Å²) in [5, 5.41) is 3.38. The van der Waals surface area contributed by atoms with E-state index in [2.05, 4.69) is 60.7 Å². The van der Waals surface area contributed by atoms with Crippen LogP contribution in [0.2, 0.25) is 0 Å². The van der Waals surface area contributed by atoms with Gasteiger partial charge in [-0.25, -0.2) is 0 Å². The van der Waals surface area contributed by atoms with E-state index in [1.54, 1.807) is 11.8 Å². The molecule has 0 aromatic heterocycles. The van der Waals surface area contributed by atoms with Gasteiger partial charge in [0.05, 0.1) is 17.9 Å². The summed E-state index contributed by atoms with van der Waals surface area (Å²) in [5.41, 5.74) is 3.15. The van der Waals surface area contributed by atoms with E-state index in [0.29, 0.717) is 6.54 Å². The summed E-state index contributed by atoms with van der Waals surface area (Å²) in [4.78, 5) is 19.5. The first kappa shape index (κ1) is 19.7. The van der Waals surface area contributed by atoms with Gasteiger partial charge in [-0.2, -0.15) is 0 Å². The number of nitrogens with one attached hydrogen (secondary N) is 1. The number of carbonyl (C=O) groups is 1. The van der Waals surface area contributed by atoms with Crippen LogP contribution in [0.15, 0.2) is 88.7 Å². The lowest BCUT2D eigenvalue weighted by molar-refractivity contribution is -0.117. The third kappa shape index (κ3) is 4.22. The van der Waals surface area contributed by atoms with Crippen molar-refractivity contribution in [3.8, 4) is 0 Å². The van der Waals surface area contributed by atoms with Gasteiger partial charge in [-0.3, -0.25) is 9.69 Å². The van der Waals surface area contributed by atoms with Crippen molar-refractivity contribution in [3.05, 3.63) is 84.4 Å². The Bertz CT molecular complexity index is 945. The van der Waals surface area contributed by atoms with Gasteiger partial charge < -0.3 is 10.2 Å². The Morgan fingerprint density at radius 3 is 2.03 bits per heavy atom. The van der Waals surface area contributed by atoms with Crippen molar-refractivity contribution in [2.75, 3.05) is 32.1 Å². The van der Waals surface area contributed by atoms with Gasteiger partial charge in [0, 0.05) is 22.4 Å². The molecular formula is C24H25N3OS. The fourth-order valence-electron chi connectivity index (χ4n) is 3.64. The molecule has 148 valence electrons. The summed E-state index contributed by atoms with van der Waals surface area (Å²) in [5.74, 6) is 0.0516. The topological polar surface area (TPSA) is 35.6 Å². The van der Waals surface area contributed by atoms with E-state index in [-0.39, 0.29) is 18.5 Å². The highest BCUT2D eigenvalue weighted by molar-refractivity contribution is 7.99. The summed E-state index contributed by atoms with van der Waals surface area (Å²) < 4.78 is 0. The Balaban J connectivity index is 1.50. The van der Waals surface area contributed by atoms with Crippen LogP contribution >= 0.6 is 11.8 Å². The van der Waals surface area contributed by atoms with E-state index in [9.17, 15) is 4.79 Å². The third-order valence-electron chi connectivity index (χ3n) is 5.10. The number of nitrogens with zero attached hydrogens (tertiary/aromatic N) is 2. The zero-order valence-electron chi connectivity index (χ0n) is 16.7. The van der Waals surface area contributed by atoms with Gasteiger partial charge in [0.2, 0.25) is 5.91 Å². The molecule has 1 unspecified atom stereocenters. The Kier molecular flexibility index (Phi) is 6.00. The minimum absolute atomic E-state index is 0.0516. The number of hydrogen-bond donors (Lipinski definition) is 1. The molecule has 0 spiro atoms. The minimum Gasteiger partial charge on any atom is -0.306 e. The van der Waals surface area contributed by atoms with Crippen LogP contribution in [0.1, 0.15) is 11.6 Å². The largest absolute Gasteiger partial charge is 0.306 e. The highest BCUT2D eigenvalue weighted by atomic mass is 32.2. The second-order valence-electron chi connectivity index (χ2n) is 7.29. The van der Waals surface area contributed by atoms with E-state index in [0.717, 1.165) is 21.2 Å². The lowest BCUT2D eigenvalue weighted by Gasteiger charge is -2.31. The number of para-hydroxylation sites is 2. The standard InChI is InChI=1S/C24H25N3OS/c1-26(2)21(18-10-4-3-5-11-18)16-25-17-24(28)27-19-12-6-8-14-22(19)29-23-15-9-7-13-20(23)27/h3-15,21,25H,16-17H2,1-2H3. The number of hydrogen-bond acceptors (Lipinski definition) is 4. The molecule has 0 radical (unpaired) electrons. The van der Waals surface area contributed by atoms with Crippen LogP contribution in [0, 0.1) is 0 Å². The van der Waals surface area contributed by atoms with Crippen LogP contribution in [-0.4, -0.2) is 38.0 Å².